The molecule has 0 unspecified atom stereocenters. The van der Waals surface area contributed by atoms with Crippen molar-refractivity contribution in [3.63, 3.8) is 0 Å². The minimum absolute atomic E-state index is 0.0339. The average molecular weight is 465 g/mol. The summed E-state index contributed by atoms with van der Waals surface area (Å²) in [6.07, 6.45) is -6.19. The van der Waals surface area contributed by atoms with E-state index in [2.05, 4.69) is 10.3 Å². The molecule has 5 nitrogen and oxygen atoms in total. The van der Waals surface area contributed by atoms with Crippen LogP contribution in [0.15, 0.2) is 83.9 Å². The van der Waals surface area contributed by atoms with Gasteiger partial charge in [-0.2, -0.15) is 13.2 Å². The highest BCUT2D eigenvalue weighted by atomic mass is 19.4. The zero-order chi connectivity index (χ0) is 24.3. The SMILES string of the molecule is Cc1cccc(CC(=O)N[C@@H]2N=C(c3ccccc3)c3ccccc3N(CC(F)(F)F)C2=O)c1. The van der Waals surface area contributed by atoms with Gasteiger partial charge in [-0.25, -0.2) is 4.99 Å². The molecule has 34 heavy (non-hydrogen) atoms. The molecule has 1 aliphatic rings. The molecule has 0 bridgehead atoms. The third kappa shape index (κ3) is 5.33. The van der Waals surface area contributed by atoms with Crippen LogP contribution in [0, 0.1) is 6.92 Å². The van der Waals surface area contributed by atoms with Crippen molar-refractivity contribution < 1.29 is 22.8 Å². The van der Waals surface area contributed by atoms with Gasteiger partial charge in [0.25, 0.3) is 5.91 Å². The average Bonchev–Trinajstić information content (AvgIpc) is 2.89. The molecule has 1 N–H and O–H groups in total. The Balaban J connectivity index is 1.75. The van der Waals surface area contributed by atoms with E-state index < -0.39 is 30.7 Å². The Hall–Kier alpha value is -3.94. The molecule has 1 aliphatic heterocycles. The number of amides is 2. The maximum absolute atomic E-state index is 13.5. The normalized spacial score (nSPS) is 15.9. The summed E-state index contributed by atoms with van der Waals surface area (Å²) in [6, 6.07) is 22.5. The van der Waals surface area contributed by atoms with Crippen LogP contribution in [0.3, 0.4) is 0 Å². The van der Waals surface area contributed by atoms with Crippen LogP contribution >= 0.6 is 0 Å². The van der Waals surface area contributed by atoms with Gasteiger partial charge < -0.3 is 5.32 Å². The number of benzene rings is 3. The third-order valence-corrected chi connectivity index (χ3v) is 5.34. The fourth-order valence-corrected chi connectivity index (χ4v) is 3.90. The molecule has 1 heterocycles. The lowest BCUT2D eigenvalue weighted by molar-refractivity contribution is -0.134. The van der Waals surface area contributed by atoms with Gasteiger partial charge in [-0.15, -0.1) is 0 Å². The molecule has 3 aromatic carbocycles. The Morgan fingerprint density at radius 2 is 1.71 bits per heavy atom. The molecule has 0 saturated carbocycles. The molecule has 8 heteroatoms. The van der Waals surface area contributed by atoms with Gasteiger partial charge >= 0.3 is 6.18 Å². The van der Waals surface area contributed by atoms with Gasteiger partial charge in [-0.05, 0) is 18.6 Å². The van der Waals surface area contributed by atoms with E-state index in [1.807, 2.05) is 25.1 Å². The van der Waals surface area contributed by atoms with E-state index in [0.717, 1.165) is 11.1 Å². The first-order valence-corrected chi connectivity index (χ1v) is 10.7. The minimum Gasteiger partial charge on any atom is -0.326 e. The maximum atomic E-state index is 13.5. The van der Waals surface area contributed by atoms with Gasteiger partial charge in [0, 0.05) is 11.1 Å². The number of aliphatic imine (C=N–C) groups is 1. The van der Waals surface area contributed by atoms with Gasteiger partial charge in [0.2, 0.25) is 12.1 Å². The van der Waals surface area contributed by atoms with Gasteiger partial charge in [0.05, 0.1) is 17.8 Å². The molecule has 174 valence electrons. The van der Waals surface area contributed by atoms with E-state index in [-0.39, 0.29) is 12.1 Å². The Kier molecular flexibility index (Phi) is 6.49. The monoisotopic (exact) mass is 465 g/mol. The Morgan fingerprint density at radius 3 is 2.41 bits per heavy atom. The number of anilines is 1. The van der Waals surface area contributed by atoms with Crippen molar-refractivity contribution in [2.75, 3.05) is 11.4 Å². The predicted molar refractivity (Wildman–Crippen MR) is 124 cm³/mol. The summed E-state index contributed by atoms with van der Waals surface area (Å²) in [5.74, 6) is -1.47. The molecular formula is C26H22F3N3O2. The van der Waals surface area contributed by atoms with E-state index in [1.165, 1.54) is 6.07 Å². The summed E-state index contributed by atoms with van der Waals surface area (Å²) in [5.41, 5.74) is 3.10. The fraction of sp³-hybridized carbons (Fsp3) is 0.192. The number of fused-ring (bicyclic) bond motifs is 1. The highest BCUT2D eigenvalue weighted by Crippen LogP contribution is 2.31. The summed E-state index contributed by atoms with van der Waals surface area (Å²) in [6.45, 7) is 0.392. The number of alkyl halides is 3. The molecule has 3 aromatic rings. The Bertz CT molecular complexity index is 1240. The van der Waals surface area contributed by atoms with Crippen molar-refractivity contribution in [1.82, 2.24) is 5.32 Å². The van der Waals surface area contributed by atoms with Crippen LogP contribution in [0.1, 0.15) is 22.3 Å². The number of nitrogens with one attached hydrogen (secondary N) is 1. The first kappa shape index (κ1) is 23.2. The number of hydrogen-bond acceptors (Lipinski definition) is 3. The zero-order valence-corrected chi connectivity index (χ0v) is 18.3. The lowest BCUT2D eigenvalue weighted by Crippen LogP contribution is -2.50. The summed E-state index contributed by atoms with van der Waals surface area (Å²) in [5, 5.41) is 2.54. The predicted octanol–water partition coefficient (Wildman–Crippen LogP) is 4.43. The third-order valence-electron chi connectivity index (χ3n) is 5.34. The number of carbonyl (C=O) groups excluding carboxylic acids is 2. The highest BCUT2D eigenvalue weighted by Gasteiger charge is 2.39. The molecule has 4 rings (SSSR count). The zero-order valence-electron chi connectivity index (χ0n) is 18.3. The van der Waals surface area contributed by atoms with E-state index in [0.29, 0.717) is 21.7 Å². The van der Waals surface area contributed by atoms with Crippen LogP contribution in [0.5, 0.6) is 0 Å². The van der Waals surface area contributed by atoms with Crippen LogP contribution in [0.2, 0.25) is 0 Å². The Morgan fingerprint density at radius 1 is 1.00 bits per heavy atom. The van der Waals surface area contributed by atoms with Crippen LogP contribution in [0.25, 0.3) is 0 Å². The van der Waals surface area contributed by atoms with Crippen LogP contribution in [-0.4, -0.2) is 36.4 Å². The molecule has 2 amide bonds. The summed E-state index contributed by atoms with van der Waals surface area (Å²) in [4.78, 5) is 31.2. The molecule has 0 aliphatic carbocycles. The van der Waals surface area contributed by atoms with Crippen molar-refractivity contribution >= 4 is 23.2 Å². The second kappa shape index (κ2) is 9.51. The van der Waals surface area contributed by atoms with Crippen molar-refractivity contribution in [2.24, 2.45) is 4.99 Å². The molecular weight excluding hydrogens is 443 g/mol. The van der Waals surface area contributed by atoms with E-state index in [9.17, 15) is 22.8 Å². The number of hydrogen-bond donors (Lipinski definition) is 1. The van der Waals surface area contributed by atoms with Gasteiger partial charge in [0.15, 0.2) is 0 Å². The van der Waals surface area contributed by atoms with Crippen molar-refractivity contribution in [1.29, 1.82) is 0 Å². The summed E-state index contributed by atoms with van der Waals surface area (Å²) >= 11 is 0. The van der Waals surface area contributed by atoms with Crippen LogP contribution < -0.4 is 10.2 Å². The fourth-order valence-electron chi connectivity index (χ4n) is 3.90. The second-order valence-electron chi connectivity index (χ2n) is 8.04. The summed E-state index contributed by atoms with van der Waals surface area (Å²) in [7, 11) is 0. The topological polar surface area (TPSA) is 61.8 Å². The van der Waals surface area contributed by atoms with Crippen molar-refractivity contribution in [3.8, 4) is 0 Å². The van der Waals surface area contributed by atoms with E-state index in [1.54, 1.807) is 54.6 Å². The molecule has 0 saturated heterocycles. The number of halogens is 3. The van der Waals surface area contributed by atoms with Gasteiger partial charge in [0.1, 0.15) is 6.54 Å². The van der Waals surface area contributed by atoms with Crippen LogP contribution in [0.4, 0.5) is 18.9 Å². The molecule has 0 radical (unpaired) electrons. The molecule has 0 fully saturated rings. The number of aryl methyl sites for hydroxylation is 1. The van der Waals surface area contributed by atoms with Crippen molar-refractivity contribution in [3.05, 3.63) is 101 Å². The van der Waals surface area contributed by atoms with Crippen molar-refractivity contribution in [2.45, 2.75) is 25.7 Å². The first-order chi connectivity index (χ1) is 16.2. The first-order valence-electron chi connectivity index (χ1n) is 10.7. The Labute approximate surface area is 194 Å². The lowest BCUT2D eigenvalue weighted by Gasteiger charge is -2.26. The standard InChI is InChI=1S/C26H22F3N3O2/c1-17-8-7-9-18(14-17)15-22(33)30-24-25(34)32(16-26(27,28)29)21-13-6-5-12-20(21)23(31-24)19-10-3-2-4-11-19/h2-14,24H,15-16H2,1H3,(H,30,33)/t24-/m1/s1. The molecule has 0 aromatic heterocycles. The highest BCUT2D eigenvalue weighted by molar-refractivity contribution is 6.20. The summed E-state index contributed by atoms with van der Waals surface area (Å²) < 4.78 is 40.4. The lowest BCUT2D eigenvalue weighted by atomic mass is 10.0. The number of nitrogens with zero attached hydrogens (tertiary/aromatic N) is 2. The molecule has 1 atom stereocenters. The van der Waals surface area contributed by atoms with Crippen LogP contribution in [-0.2, 0) is 16.0 Å². The quantitative estimate of drug-likeness (QED) is 0.606. The van der Waals surface area contributed by atoms with E-state index in [4.69, 9.17) is 0 Å². The van der Waals surface area contributed by atoms with Gasteiger partial charge in [-0.1, -0.05) is 78.4 Å². The maximum Gasteiger partial charge on any atom is 0.406 e. The van der Waals surface area contributed by atoms with Gasteiger partial charge in [-0.3, -0.25) is 14.5 Å². The number of para-hydroxylation sites is 1. The second-order valence-corrected chi connectivity index (χ2v) is 8.04. The van der Waals surface area contributed by atoms with E-state index >= 15 is 0 Å². The number of carbonyl (C=O) groups is 2. The largest absolute Gasteiger partial charge is 0.406 e. The number of rotatable bonds is 5. The molecule has 0 spiro atoms. The smallest absolute Gasteiger partial charge is 0.326 e. The minimum atomic E-state index is -4.64. The number of benzodiazepines with no additional fused rings is 1.